The van der Waals surface area contributed by atoms with E-state index in [1.807, 2.05) is 6.92 Å². The van der Waals surface area contributed by atoms with E-state index in [9.17, 15) is 24.9 Å². The first-order valence-electron chi connectivity index (χ1n) is 7.45. The van der Waals surface area contributed by atoms with Gasteiger partial charge in [0.05, 0.1) is 17.9 Å². The highest BCUT2D eigenvalue weighted by Gasteiger charge is 2.59. The molecule has 2 rings (SSSR count). The highest BCUT2D eigenvalue weighted by atomic mass is 16.4. The summed E-state index contributed by atoms with van der Waals surface area (Å²) in [5.41, 5.74) is -0.795. The molecule has 0 unspecified atom stereocenters. The average Bonchev–Trinajstić information content (AvgIpc) is 2.37. The maximum atomic E-state index is 11.8. The highest BCUT2D eigenvalue weighted by molar-refractivity contribution is 5.75. The Bertz CT molecular complexity index is 485. The van der Waals surface area contributed by atoms with E-state index >= 15 is 0 Å². The van der Waals surface area contributed by atoms with Crippen LogP contribution in [0.15, 0.2) is 12.2 Å². The van der Waals surface area contributed by atoms with Crippen LogP contribution in [0.3, 0.4) is 0 Å². The van der Waals surface area contributed by atoms with Crippen LogP contribution in [0.25, 0.3) is 0 Å². The summed E-state index contributed by atoms with van der Waals surface area (Å²) >= 11 is 0. The second kappa shape index (κ2) is 5.13. The minimum absolute atomic E-state index is 0.0986. The van der Waals surface area contributed by atoms with Gasteiger partial charge in [0.25, 0.3) is 0 Å². The van der Waals surface area contributed by atoms with E-state index in [-0.39, 0.29) is 18.3 Å². The number of hydrogen-bond donors (Lipinski definition) is 3. The molecule has 5 nitrogen and oxygen atoms in total. The van der Waals surface area contributed by atoms with E-state index in [1.54, 1.807) is 6.92 Å². The molecule has 3 N–H and O–H groups in total. The minimum Gasteiger partial charge on any atom is -0.481 e. The molecular weight excluding hydrogens is 272 g/mol. The van der Waals surface area contributed by atoms with Crippen molar-refractivity contribution < 1.29 is 24.9 Å². The molecule has 5 heteroatoms. The molecule has 0 aromatic heterocycles. The summed E-state index contributed by atoms with van der Waals surface area (Å²) in [4.78, 5) is 23.0. The fourth-order valence-corrected chi connectivity index (χ4v) is 4.68. The first-order valence-corrected chi connectivity index (χ1v) is 7.45. The van der Waals surface area contributed by atoms with Crippen LogP contribution in [0.5, 0.6) is 0 Å². The molecule has 0 aromatic carbocycles. The zero-order valence-corrected chi connectivity index (χ0v) is 12.6. The van der Waals surface area contributed by atoms with Crippen LogP contribution in [0.2, 0.25) is 0 Å². The molecule has 0 heterocycles. The van der Waals surface area contributed by atoms with Crippen LogP contribution in [-0.4, -0.2) is 33.4 Å². The summed E-state index contributed by atoms with van der Waals surface area (Å²) in [5.74, 6) is -2.39. The molecule has 0 aliphatic heterocycles. The van der Waals surface area contributed by atoms with Gasteiger partial charge in [-0.1, -0.05) is 19.9 Å². The molecule has 5 atom stereocenters. The average molecular weight is 296 g/mol. The lowest BCUT2D eigenvalue weighted by molar-refractivity contribution is -0.168. The second-order valence-electron chi connectivity index (χ2n) is 7.11. The molecular formula is C16H24O5. The largest absolute Gasteiger partial charge is 0.481 e. The van der Waals surface area contributed by atoms with Gasteiger partial charge in [-0.2, -0.15) is 0 Å². The van der Waals surface area contributed by atoms with Crippen molar-refractivity contribution >= 4 is 11.9 Å². The Labute approximate surface area is 124 Å². The molecule has 0 aromatic rings. The van der Waals surface area contributed by atoms with Gasteiger partial charge in [0, 0.05) is 0 Å². The number of aliphatic carboxylic acids is 2. The van der Waals surface area contributed by atoms with Gasteiger partial charge in [0.15, 0.2) is 0 Å². The Morgan fingerprint density at radius 3 is 2.43 bits per heavy atom. The summed E-state index contributed by atoms with van der Waals surface area (Å²) in [6, 6.07) is 0. The number of aliphatic hydroxyl groups is 1. The highest BCUT2D eigenvalue weighted by Crippen LogP contribution is 2.61. The van der Waals surface area contributed by atoms with Crippen LogP contribution < -0.4 is 0 Å². The molecule has 0 bridgehead atoms. The maximum Gasteiger partial charge on any atom is 0.309 e. The Morgan fingerprint density at radius 2 is 1.90 bits per heavy atom. The molecule has 0 saturated heterocycles. The van der Waals surface area contributed by atoms with E-state index in [4.69, 9.17) is 0 Å². The van der Waals surface area contributed by atoms with Crippen molar-refractivity contribution in [1.82, 2.24) is 0 Å². The third-order valence-electron chi connectivity index (χ3n) is 5.97. The topological polar surface area (TPSA) is 94.8 Å². The second-order valence-corrected chi connectivity index (χ2v) is 7.11. The molecule has 2 aliphatic carbocycles. The van der Waals surface area contributed by atoms with Gasteiger partial charge in [0.2, 0.25) is 0 Å². The fourth-order valence-electron chi connectivity index (χ4n) is 4.68. The van der Waals surface area contributed by atoms with Gasteiger partial charge in [-0.25, -0.2) is 0 Å². The third-order valence-corrected chi connectivity index (χ3v) is 5.97. The Kier molecular flexibility index (Phi) is 3.91. The molecule has 0 radical (unpaired) electrons. The fraction of sp³-hybridized carbons (Fsp3) is 0.750. The normalized spacial score (nSPS) is 43.2. The summed E-state index contributed by atoms with van der Waals surface area (Å²) < 4.78 is 0. The van der Waals surface area contributed by atoms with Crippen molar-refractivity contribution in [1.29, 1.82) is 0 Å². The molecule has 2 saturated carbocycles. The van der Waals surface area contributed by atoms with E-state index in [0.717, 1.165) is 12.8 Å². The van der Waals surface area contributed by atoms with Crippen LogP contribution in [0.1, 0.15) is 46.0 Å². The monoisotopic (exact) mass is 296 g/mol. The van der Waals surface area contributed by atoms with Gasteiger partial charge in [-0.05, 0) is 49.0 Å². The molecule has 0 amide bonds. The zero-order valence-electron chi connectivity index (χ0n) is 12.6. The van der Waals surface area contributed by atoms with E-state index < -0.39 is 28.9 Å². The molecule has 118 valence electrons. The van der Waals surface area contributed by atoms with Crippen molar-refractivity contribution in [3.05, 3.63) is 12.2 Å². The number of hydrogen-bond acceptors (Lipinski definition) is 3. The van der Waals surface area contributed by atoms with Gasteiger partial charge < -0.3 is 15.3 Å². The maximum absolute atomic E-state index is 11.8. The van der Waals surface area contributed by atoms with E-state index in [1.165, 1.54) is 0 Å². The quantitative estimate of drug-likeness (QED) is 0.695. The number of carboxylic acids is 2. The smallest absolute Gasteiger partial charge is 0.309 e. The standard InChI is InChI=1S/C16H24O5/c1-9-10(7-13(18)19)15(2)5-4-6-16(3,14(20)21)12(15)8-11(9)17/h10-12,17H,1,4-8H2,2-3H3,(H,18,19)(H,20,21)/t10-,11-,12-,15-,16+/m1/s1. The van der Waals surface area contributed by atoms with Crippen LogP contribution in [0, 0.1) is 22.7 Å². The Balaban J connectivity index is 2.47. The van der Waals surface area contributed by atoms with Crippen LogP contribution >= 0.6 is 0 Å². The van der Waals surface area contributed by atoms with Gasteiger partial charge in [-0.15, -0.1) is 0 Å². The number of fused-ring (bicyclic) bond motifs is 1. The number of carbonyl (C=O) groups is 2. The van der Waals surface area contributed by atoms with E-state index in [2.05, 4.69) is 6.58 Å². The minimum atomic E-state index is -0.933. The first-order chi connectivity index (χ1) is 9.63. The Hall–Kier alpha value is -1.36. The van der Waals surface area contributed by atoms with Gasteiger partial charge in [-0.3, -0.25) is 9.59 Å². The van der Waals surface area contributed by atoms with Crippen LogP contribution in [0.4, 0.5) is 0 Å². The third kappa shape index (κ3) is 2.37. The lowest BCUT2D eigenvalue weighted by Crippen LogP contribution is -2.56. The van der Waals surface area contributed by atoms with Crippen molar-refractivity contribution in [2.24, 2.45) is 22.7 Å². The lowest BCUT2D eigenvalue weighted by Gasteiger charge is -2.58. The number of aliphatic hydroxyl groups excluding tert-OH is 1. The predicted molar refractivity (Wildman–Crippen MR) is 76.7 cm³/mol. The van der Waals surface area contributed by atoms with Gasteiger partial charge in [0.1, 0.15) is 0 Å². The lowest BCUT2D eigenvalue weighted by atomic mass is 9.46. The van der Waals surface area contributed by atoms with Gasteiger partial charge >= 0.3 is 11.9 Å². The van der Waals surface area contributed by atoms with Crippen molar-refractivity contribution in [2.75, 3.05) is 0 Å². The van der Waals surface area contributed by atoms with Crippen LogP contribution in [-0.2, 0) is 9.59 Å². The van der Waals surface area contributed by atoms with Crippen molar-refractivity contribution in [3.63, 3.8) is 0 Å². The van der Waals surface area contributed by atoms with Crippen molar-refractivity contribution in [3.8, 4) is 0 Å². The summed E-state index contributed by atoms with van der Waals surface area (Å²) in [6.07, 6.45) is 1.55. The summed E-state index contributed by atoms with van der Waals surface area (Å²) in [7, 11) is 0. The SMILES string of the molecule is C=C1[C@H](O)C[C@@H]2[C@](C)(CCC[C@]2(C)C(=O)O)[C@@H]1CC(=O)O. The van der Waals surface area contributed by atoms with E-state index in [0.29, 0.717) is 18.4 Å². The summed E-state index contributed by atoms with van der Waals surface area (Å²) in [5, 5.41) is 29.1. The molecule has 0 spiro atoms. The molecule has 2 fully saturated rings. The Morgan fingerprint density at radius 1 is 1.29 bits per heavy atom. The summed E-state index contributed by atoms with van der Waals surface area (Å²) in [6.45, 7) is 7.60. The number of carboxylic acid groups (broad SMARTS) is 2. The zero-order chi connectivity index (χ0) is 16.0. The van der Waals surface area contributed by atoms with Crippen molar-refractivity contribution in [2.45, 2.75) is 52.1 Å². The predicted octanol–water partition coefficient (Wildman–Crippen LogP) is 2.30. The number of rotatable bonds is 3. The molecule has 2 aliphatic rings. The first kappa shape index (κ1) is 16.0. The molecule has 21 heavy (non-hydrogen) atoms.